The van der Waals surface area contributed by atoms with Crippen LogP contribution in [0.3, 0.4) is 0 Å². The van der Waals surface area contributed by atoms with Gasteiger partial charge in [0.05, 0.1) is 135 Å². The fourth-order valence-electron chi connectivity index (χ4n) is 6.69. The van der Waals surface area contributed by atoms with Gasteiger partial charge in [-0.3, -0.25) is 0 Å². The van der Waals surface area contributed by atoms with Crippen LogP contribution in [-0.2, 0) is 122 Å². The van der Waals surface area contributed by atoms with E-state index in [1.165, 1.54) is 63.3 Å². The van der Waals surface area contributed by atoms with E-state index in [0.717, 1.165) is 97.8 Å². The van der Waals surface area contributed by atoms with Crippen LogP contribution in [0, 0.1) is 0 Å². The molecule has 0 saturated carbocycles. The van der Waals surface area contributed by atoms with Crippen LogP contribution < -0.4 is 0 Å². The quantitative estimate of drug-likeness (QED) is 0.0311. The van der Waals surface area contributed by atoms with Gasteiger partial charge in [0.15, 0.2) is 91.7 Å². The molecular formula is C63H141F25N10O25S10Si5. The van der Waals surface area contributed by atoms with E-state index in [1.54, 1.807) is 0 Å². The second-order valence-corrected chi connectivity index (χ2v) is 77.5. The standard InChI is InChI=1S/C11H28NOSi.2C10H26NOSi.C9H24NOSi.C8H22NOSi.5C3H3F5NO4S2/c1-7-12(8-2,9-3)10-11-13-14(4,5)6;1-7-8-11(2,3)9-10-12-13(4,5)6;1-7-11(3,8-2)9-10-12-13(4,5)6;1-7-10(2,3)8-9-11-12(4,5)6;1-9(2,3)7-8-10-11(4,5)6;5*1-2(4,5)14(10,11)9-15(12,13)3(6,7)8/h7-11H2,1-6H3;2*7-10H2,1-6H3;7-9H2,1-6H3;7-8H2,1-6H3;5*1H3/q5*+1;5*-1. The van der Waals surface area contributed by atoms with Gasteiger partial charge in [0, 0.05) is 34.6 Å². The first-order chi connectivity index (χ1) is 59.0. The molecule has 0 aromatic carbocycles. The third-order valence-corrected chi connectivity index (χ3v) is 36.6. The minimum absolute atomic E-state index is 0.294. The lowest BCUT2D eigenvalue weighted by molar-refractivity contribution is -0.923. The van der Waals surface area contributed by atoms with Crippen LogP contribution in [0.4, 0.5) is 110 Å². The van der Waals surface area contributed by atoms with E-state index in [1.807, 2.05) is 0 Å². The van der Waals surface area contributed by atoms with Crippen molar-refractivity contribution >= 4 is 142 Å². The molecule has 0 amide bonds. The van der Waals surface area contributed by atoms with Gasteiger partial charge < -0.3 is 65.2 Å². The zero-order valence-electron chi connectivity index (χ0n) is 83.4. The van der Waals surface area contributed by atoms with Gasteiger partial charge >= 0.3 is 53.8 Å². The summed E-state index contributed by atoms with van der Waals surface area (Å²) in [6, 6.07) is 0. The molecule has 0 aliphatic rings. The average molecular weight is 2370 g/mol. The summed E-state index contributed by atoms with van der Waals surface area (Å²) < 4.78 is 539. The zero-order valence-corrected chi connectivity index (χ0v) is 96.6. The van der Waals surface area contributed by atoms with Crippen LogP contribution in [0.2, 0.25) is 98.2 Å². The summed E-state index contributed by atoms with van der Waals surface area (Å²) in [5.41, 5.74) is -30.2. The zero-order chi connectivity index (χ0) is 115. The van der Waals surface area contributed by atoms with Gasteiger partial charge in [0.25, 0.3) is 0 Å². The van der Waals surface area contributed by atoms with Gasteiger partial charge in [-0.2, -0.15) is 110 Å². The molecule has 75 heteroatoms. The summed E-state index contributed by atoms with van der Waals surface area (Å²) >= 11 is 0. The van der Waals surface area contributed by atoms with Crippen LogP contribution in [0.25, 0.3) is 20.6 Å². The molecule has 0 bridgehead atoms. The Labute approximate surface area is 805 Å². The summed E-state index contributed by atoms with van der Waals surface area (Å²) in [5, 5.41) is -23.5. The number of sulfonamides is 10. The summed E-state index contributed by atoms with van der Waals surface area (Å²) in [6.07, 6.45) is 1.25. The lowest BCUT2D eigenvalue weighted by Gasteiger charge is -2.36. The Kier molecular flexibility index (Phi) is 64.9. The fourth-order valence-corrected chi connectivity index (χ4v) is 19.7. The smallest absolute Gasteiger partial charge is 0.423 e. The van der Waals surface area contributed by atoms with Gasteiger partial charge in [0.1, 0.15) is 82.8 Å². The molecule has 0 saturated heterocycles. The van der Waals surface area contributed by atoms with Crippen LogP contribution in [0.15, 0.2) is 0 Å². The second kappa shape index (κ2) is 57.3. The summed E-state index contributed by atoms with van der Waals surface area (Å²) in [4.78, 5) is 0. The highest BCUT2D eigenvalue weighted by Gasteiger charge is 2.49. The molecule has 0 N–H and O–H groups in total. The number of halogens is 25. The highest BCUT2D eigenvalue weighted by atomic mass is 32.3. The first-order valence-electron chi connectivity index (χ1n) is 39.7. The van der Waals surface area contributed by atoms with Crippen molar-refractivity contribution in [1.29, 1.82) is 0 Å². The van der Waals surface area contributed by atoms with Crippen LogP contribution in [0.1, 0.15) is 89.5 Å². The number of hydrogen-bond donors (Lipinski definition) is 0. The van der Waals surface area contributed by atoms with Gasteiger partial charge in [0.2, 0.25) is 0 Å². The predicted molar refractivity (Wildman–Crippen MR) is 487 cm³/mol. The molecule has 848 valence electrons. The Balaban J connectivity index is -0.000000165. The van der Waals surface area contributed by atoms with Crippen LogP contribution >= 0.6 is 0 Å². The molecule has 0 heterocycles. The monoisotopic (exact) mass is 2370 g/mol. The molecule has 0 aromatic heterocycles. The Morgan fingerprint density at radius 3 is 0.507 bits per heavy atom. The van der Waals surface area contributed by atoms with Crippen molar-refractivity contribution in [2.24, 2.45) is 0 Å². The van der Waals surface area contributed by atoms with Gasteiger partial charge in [-0.1, -0.05) is 6.92 Å². The Morgan fingerprint density at radius 1 is 0.217 bits per heavy atom. The lowest BCUT2D eigenvalue weighted by atomic mass is 10.3. The van der Waals surface area contributed by atoms with Crippen LogP contribution in [0.5, 0.6) is 0 Å². The fraction of sp³-hybridized carbons (Fsp3) is 1.00. The third-order valence-electron chi connectivity index (χ3n) is 16.0. The lowest BCUT2D eigenvalue weighted by Crippen LogP contribution is -2.50. The van der Waals surface area contributed by atoms with Crippen molar-refractivity contribution in [3.63, 3.8) is 0 Å². The Bertz CT molecular complexity index is 4030. The maximum atomic E-state index is 12.1. The first kappa shape index (κ1) is 156. The number of nitrogens with zero attached hydrogens (tertiary/aromatic N) is 10. The number of rotatable bonds is 43. The van der Waals surface area contributed by atoms with Gasteiger partial charge in [-0.05, 0) is 146 Å². The molecular weight excluding hydrogens is 2230 g/mol. The van der Waals surface area contributed by atoms with E-state index >= 15 is 0 Å². The minimum Gasteiger partial charge on any atom is -0.423 e. The SMILES string of the molecule is CC(F)(F)S(=O)(=O)[N-]S(=O)(=O)C(F)(F)F.CC(F)(F)S(=O)(=O)[N-]S(=O)(=O)C(F)(F)F.CC(F)(F)S(=O)(=O)[N-]S(=O)(=O)C(F)(F)F.CC(F)(F)S(=O)(=O)[N-]S(=O)(=O)C(F)(F)F.CC(F)(F)S(=O)(=O)[N-]S(=O)(=O)C(F)(F)F.CCC[N+](C)(C)CCO[Si](C)(C)C.CC[N+](C)(C)CCO[Si](C)(C)C.CC[N+](C)(CC)CCO[Si](C)(C)C.CC[N+](CC)(CC)CCO[Si](C)(C)C.C[N+](C)(C)CCO[Si](C)(C)C. The first-order valence-corrected chi connectivity index (χ1v) is 71.2. The maximum Gasteiger partial charge on any atom is 0.480 e. The minimum atomic E-state index is -6.48. The average Bonchev–Trinajstić information content (AvgIpc) is 0.806. The normalized spacial score (nSPS) is 14.5. The molecule has 0 aliphatic carbocycles. The van der Waals surface area contributed by atoms with Crippen molar-refractivity contribution in [1.82, 2.24) is 0 Å². The molecule has 138 heavy (non-hydrogen) atoms. The Morgan fingerprint density at radius 2 is 0.377 bits per heavy atom. The topological polar surface area (TPSA) is 458 Å². The van der Waals surface area contributed by atoms with Gasteiger partial charge in [-0.15, -0.1) is 0 Å². The third kappa shape index (κ3) is 73.4. The van der Waals surface area contributed by atoms with Crippen molar-refractivity contribution in [2.45, 2.75) is 242 Å². The van der Waals surface area contributed by atoms with E-state index in [2.05, 4.69) is 203 Å². The molecule has 35 nitrogen and oxygen atoms in total. The maximum absolute atomic E-state index is 12.1. The van der Waals surface area contributed by atoms with E-state index in [0.29, 0.717) is 0 Å². The highest BCUT2D eigenvalue weighted by Crippen LogP contribution is 2.41. The number of likely N-dealkylation sites (N-methyl/N-ethyl adjacent to an activating group) is 5. The van der Waals surface area contributed by atoms with Crippen molar-refractivity contribution in [3.8, 4) is 0 Å². The van der Waals surface area contributed by atoms with E-state index < -0.39 is 196 Å². The summed E-state index contributed by atoms with van der Waals surface area (Å²) in [6.45, 7) is 66.7. The number of quaternary nitrogens is 5. The largest absolute Gasteiger partial charge is 0.480 e. The van der Waals surface area contributed by atoms with E-state index in [9.17, 15) is 194 Å². The van der Waals surface area contributed by atoms with E-state index in [4.69, 9.17) is 22.1 Å². The van der Waals surface area contributed by atoms with Crippen molar-refractivity contribution < 1.29 is 238 Å². The predicted octanol–water partition coefficient (Wildman–Crippen LogP) is 16.6. The molecule has 0 rings (SSSR count). The molecule has 0 aromatic rings. The van der Waals surface area contributed by atoms with Gasteiger partial charge in [-0.25, -0.2) is 84.2 Å². The van der Waals surface area contributed by atoms with Crippen LogP contribution in [-0.4, -0.2) is 370 Å². The highest BCUT2D eigenvalue weighted by molar-refractivity contribution is 8.15. The molecule has 0 spiro atoms. The molecule has 0 aliphatic heterocycles. The number of alkyl halides is 25. The molecule has 0 fully saturated rings. The molecule has 0 atom stereocenters. The molecule has 0 radical (unpaired) electrons. The summed E-state index contributed by atoms with van der Waals surface area (Å²) in [5.74, 6) is 0. The second-order valence-electron chi connectivity index (χ2n) is 36.6. The van der Waals surface area contributed by atoms with E-state index in [-0.39, 0.29) is 34.6 Å². The number of hydrogen-bond acceptors (Lipinski definition) is 25. The van der Waals surface area contributed by atoms with Crippen molar-refractivity contribution in [3.05, 3.63) is 20.6 Å². The Hall–Kier alpha value is -1.77. The van der Waals surface area contributed by atoms with Crippen molar-refractivity contribution in [2.75, 3.05) is 168 Å². The molecule has 0 unspecified atom stereocenters. The summed E-state index contributed by atoms with van der Waals surface area (Å²) in [7, 11) is -51.2.